The van der Waals surface area contributed by atoms with Crippen molar-refractivity contribution in [2.75, 3.05) is 60.8 Å². The minimum Gasteiger partial charge on any atom is -0.493 e. The average Bonchev–Trinajstić information content (AvgIpc) is 3.47. The highest BCUT2D eigenvalue weighted by molar-refractivity contribution is 5.42. The number of ether oxygens (including phenoxy) is 5. The van der Waals surface area contributed by atoms with E-state index in [0.717, 1.165) is 56.0 Å². The van der Waals surface area contributed by atoms with E-state index < -0.39 is 6.10 Å². The van der Waals surface area contributed by atoms with E-state index >= 15 is 0 Å². The van der Waals surface area contributed by atoms with Gasteiger partial charge in [-0.05, 0) is 67.5 Å². The summed E-state index contributed by atoms with van der Waals surface area (Å²) >= 11 is 0. The Morgan fingerprint density at radius 1 is 0.900 bits per heavy atom. The Morgan fingerprint density at radius 2 is 1.65 bits per heavy atom. The van der Waals surface area contributed by atoms with E-state index in [1.807, 2.05) is 36.4 Å². The number of aliphatic hydroxyl groups excluding tert-OH is 1. The minimum absolute atomic E-state index is 0.271. The molecule has 1 saturated heterocycles. The van der Waals surface area contributed by atoms with Gasteiger partial charge >= 0.3 is 0 Å². The molecule has 0 spiro atoms. The van der Waals surface area contributed by atoms with Crippen molar-refractivity contribution >= 4 is 0 Å². The van der Waals surface area contributed by atoms with Crippen LogP contribution in [0.15, 0.2) is 42.5 Å². The molecule has 0 aromatic heterocycles. The lowest BCUT2D eigenvalue weighted by molar-refractivity contribution is -0.0296. The van der Waals surface area contributed by atoms with Crippen LogP contribution in [0.4, 0.5) is 0 Å². The molecule has 1 heterocycles. The van der Waals surface area contributed by atoms with Gasteiger partial charge in [0.1, 0.15) is 18.5 Å². The lowest BCUT2D eigenvalue weighted by Crippen LogP contribution is -2.47. The fourth-order valence-electron chi connectivity index (χ4n) is 5.84. The highest BCUT2D eigenvalue weighted by Gasteiger charge is 2.35. The first-order chi connectivity index (χ1) is 19.6. The summed E-state index contributed by atoms with van der Waals surface area (Å²) in [6, 6.07) is 14.9. The standard InChI is InChI=1S/C32H48N2O6/c1-36-18-15-24-8-11-28(12-9-24)40-23-27(35)21-33-26-14-17-34(22-26)29-6-4-5-7-30(29)39-19-16-25-10-13-31(37-2)32(20-25)38-3/h8-13,20,26-27,29-30,33,35H,4-7,14-19,21-23H2,1-3H3/t26-,27?,29-,30+/m0/s1. The van der Waals surface area contributed by atoms with Crippen LogP contribution in [0.3, 0.4) is 0 Å². The lowest BCUT2D eigenvalue weighted by Gasteiger charge is -2.38. The van der Waals surface area contributed by atoms with Gasteiger partial charge in [-0.3, -0.25) is 4.90 Å². The molecule has 1 saturated carbocycles. The normalized spacial score (nSPS) is 22.2. The summed E-state index contributed by atoms with van der Waals surface area (Å²) in [6.07, 6.45) is 7.35. The first-order valence-electron chi connectivity index (χ1n) is 14.8. The average molecular weight is 557 g/mol. The summed E-state index contributed by atoms with van der Waals surface area (Å²) in [4.78, 5) is 2.60. The van der Waals surface area contributed by atoms with E-state index in [2.05, 4.69) is 16.3 Å². The number of benzene rings is 2. The number of nitrogens with one attached hydrogen (secondary N) is 1. The van der Waals surface area contributed by atoms with E-state index in [1.165, 1.54) is 30.4 Å². The van der Waals surface area contributed by atoms with Crippen molar-refractivity contribution in [1.29, 1.82) is 0 Å². The van der Waals surface area contributed by atoms with Crippen molar-refractivity contribution in [3.63, 3.8) is 0 Å². The van der Waals surface area contributed by atoms with E-state index in [1.54, 1.807) is 21.3 Å². The molecule has 0 amide bonds. The summed E-state index contributed by atoms with van der Waals surface area (Å²) in [7, 11) is 5.04. The number of hydrogen-bond acceptors (Lipinski definition) is 8. The number of hydrogen-bond donors (Lipinski definition) is 2. The van der Waals surface area contributed by atoms with Gasteiger partial charge in [0.25, 0.3) is 0 Å². The Balaban J connectivity index is 1.16. The van der Waals surface area contributed by atoms with Crippen molar-refractivity contribution in [3.05, 3.63) is 53.6 Å². The molecule has 2 fully saturated rings. The van der Waals surface area contributed by atoms with Gasteiger partial charge in [0.05, 0.1) is 33.5 Å². The van der Waals surface area contributed by atoms with Gasteiger partial charge in [0, 0.05) is 38.8 Å². The van der Waals surface area contributed by atoms with Gasteiger partial charge in [-0.15, -0.1) is 0 Å². The maximum Gasteiger partial charge on any atom is 0.160 e. The molecule has 2 aliphatic rings. The molecule has 222 valence electrons. The van der Waals surface area contributed by atoms with Crippen LogP contribution in [0.5, 0.6) is 17.2 Å². The van der Waals surface area contributed by atoms with Crippen LogP contribution >= 0.6 is 0 Å². The number of rotatable bonds is 16. The van der Waals surface area contributed by atoms with Gasteiger partial charge in [-0.1, -0.05) is 31.0 Å². The van der Waals surface area contributed by atoms with Crippen molar-refractivity contribution in [1.82, 2.24) is 10.2 Å². The van der Waals surface area contributed by atoms with E-state index in [0.29, 0.717) is 31.8 Å². The van der Waals surface area contributed by atoms with Crippen molar-refractivity contribution in [2.45, 2.75) is 69.2 Å². The van der Waals surface area contributed by atoms with Crippen molar-refractivity contribution in [3.8, 4) is 17.2 Å². The highest BCUT2D eigenvalue weighted by atomic mass is 16.5. The fraction of sp³-hybridized carbons (Fsp3) is 0.625. The van der Waals surface area contributed by atoms with Crippen LogP contribution in [-0.4, -0.2) is 95.1 Å². The lowest BCUT2D eigenvalue weighted by atomic mass is 9.91. The van der Waals surface area contributed by atoms with Crippen LogP contribution < -0.4 is 19.5 Å². The third-order valence-corrected chi connectivity index (χ3v) is 8.13. The summed E-state index contributed by atoms with van der Waals surface area (Å²) in [5, 5.41) is 14.1. The van der Waals surface area contributed by atoms with Crippen LogP contribution in [-0.2, 0) is 22.3 Å². The van der Waals surface area contributed by atoms with Crippen LogP contribution in [0.2, 0.25) is 0 Å². The van der Waals surface area contributed by atoms with Gasteiger partial charge in [-0.25, -0.2) is 0 Å². The molecule has 1 aliphatic carbocycles. The molecule has 4 atom stereocenters. The topological polar surface area (TPSA) is 81.7 Å². The van der Waals surface area contributed by atoms with Gasteiger partial charge < -0.3 is 34.1 Å². The molecule has 0 bridgehead atoms. The number of methoxy groups -OCH3 is 3. The number of aliphatic hydroxyl groups is 1. The smallest absolute Gasteiger partial charge is 0.160 e. The second-order valence-corrected chi connectivity index (χ2v) is 10.9. The van der Waals surface area contributed by atoms with Gasteiger partial charge in [-0.2, -0.15) is 0 Å². The minimum atomic E-state index is -0.551. The summed E-state index contributed by atoms with van der Waals surface area (Å²) in [5.41, 5.74) is 2.41. The van der Waals surface area contributed by atoms with E-state index in [9.17, 15) is 5.11 Å². The third kappa shape index (κ3) is 9.08. The largest absolute Gasteiger partial charge is 0.493 e. The van der Waals surface area contributed by atoms with E-state index in [-0.39, 0.29) is 12.7 Å². The molecule has 2 N–H and O–H groups in total. The maximum atomic E-state index is 10.5. The molecule has 0 radical (unpaired) electrons. The Kier molecular flexibility index (Phi) is 12.4. The fourth-order valence-corrected chi connectivity index (χ4v) is 5.84. The molecule has 1 aliphatic heterocycles. The summed E-state index contributed by atoms with van der Waals surface area (Å²) in [5.74, 6) is 2.29. The zero-order valence-corrected chi connectivity index (χ0v) is 24.5. The Hall–Kier alpha value is -2.36. The highest BCUT2D eigenvalue weighted by Crippen LogP contribution is 2.30. The molecule has 40 heavy (non-hydrogen) atoms. The number of likely N-dealkylation sites (tertiary alicyclic amines) is 1. The molecule has 8 heteroatoms. The molecule has 2 aromatic carbocycles. The first kappa shape index (κ1) is 30.6. The Labute approximate surface area is 239 Å². The third-order valence-electron chi connectivity index (χ3n) is 8.13. The second kappa shape index (κ2) is 16.2. The van der Waals surface area contributed by atoms with Crippen LogP contribution in [0.25, 0.3) is 0 Å². The molecular formula is C32H48N2O6. The van der Waals surface area contributed by atoms with Crippen LogP contribution in [0, 0.1) is 0 Å². The molecule has 1 unspecified atom stereocenters. The summed E-state index contributed by atoms with van der Waals surface area (Å²) < 4.78 is 28.2. The maximum absolute atomic E-state index is 10.5. The predicted molar refractivity (Wildman–Crippen MR) is 157 cm³/mol. The predicted octanol–water partition coefficient (Wildman–Crippen LogP) is 3.87. The first-order valence-corrected chi connectivity index (χ1v) is 14.8. The molecule has 8 nitrogen and oxygen atoms in total. The monoisotopic (exact) mass is 556 g/mol. The van der Waals surface area contributed by atoms with Crippen molar-refractivity contribution in [2.24, 2.45) is 0 Å². The SMILES string of the molecule is COCCc1ccc(OCC(O)CN[C@H]2CCN([C@H]3CCCC[C@H]3OCCc3ccc(OC)c(OC)c3)C2)cc1. The summed E-state index contributed by atoms with van der Waals surface area (Å²) in [6.45, 7) is 4.28. The zero-order valence-electron chi connectivity index (χ0n) is 24.5. The number of nitrogens with zero attached hydrogens (tertiary/aromatic N) is 1. The molecule has 4 rings (SSSR count). The second-order valence-electron chi connectivity index (χ2n) is 10.9. The van der Waals surface area contributed by atoms with Crippen molar-refractivity contribution < 1.29 is 28.8 Å². The van der Waals surface area contributed by atoms with E-state index in [4.69, 9.17) is 23.7 Å². The zero-order chi connectivity index (χ0) is 28.2. The van der Waals surface area contributed by atoms with Crippen LogP contribution in [0.1, 0.15) is 43.2 Å². The van der Waals surface area contributed by atoms with Gasteiger partial charge in [0.2, 0.25) is 0 Å². The van der Waals surface area contributed by atoms with Gasteiger partial charge in [0.15, 0.2) is 11.5 Å². The molecular weight excluding hydrogens is 508 g/mol. The Morgan fingerprint density at radius 3 is 2.42 bits per heavy atom. The quantitative estimate of drug-likeness (QED) is 0.323. The molecule has 2 aromatic rings. The Bertz CT molecular complexity index is 1000.